The molecule has 1 N–H and O–H groups in total. The number of likely N-dealkylation sites (tertiary alicyclic amines) is 1. The minimum atomic E-state index is -4.50. The first-order valence-corrected chi connectivity index (χ1v) is 13.2. The van der Waals surface area contributed by atoms with Crippen molar-refractivity contribution in [1.29, 1.82) is 0 Å². The molecule has 2 heterocycles. The molecule has 0 unspecified atom stereocenters. The van der Waals surface area contributed by atoms with E-state index in [1.54, 1.807) is 30.3 Å². The molecule has 6 heteroatoms. The number of nitrogens with zero attached hydrogens (tertiary/aromatic N) is 1. The fraction of sp³-hybridized carbons (Fsp3) is 0.419. The summed E-state index contributed by atoms with van der Waals surface area (Å²) in [5.41, 5.74) is 4.22. The van der Waals surface area contributed by atoms with Gasteiger partial charge in [-0.05, 0) is 91.6 Å². The number of alkyl halides is 3. The second-order valence-corrected chi connectivity index (χ2v) is 10.8. The number of nitrogens with one attached hydrogen (secondary N) is 1. The van der Waals surface area contributed by atoms with Crippen molar-refractivity contribution >= 4 is 0 Å². The lowest BCUT2D eigenvalue weighted by Crippen LogP contribution is -2.55. The molecule has 0 saturated carbocycles. The Morgan fingerprint density at radius 1 is 0.973 bits per heavy atom. The monoisotopic (exact) mass is 508 g/mol. The molecule has 5 rings (SSSR count). The third-order valence-electron chi connectivity index (χ3n) is 8.01. The molecular formula is C31H35F3N2O. The fourth-order valence-corrected chi connectivity index (χ4v) is 5.60. The van der Waals surface area contributed by atoms with Crippen LogP contribution in [-0.2, 0) is 19.1 Å². The molecule has 3 aromatic carbocycles. The largest absolute Gasteiger partial charge is 0.493 e. The SMILES string of the molecule is Cc1c(OCCCN2CCC2(C)C)cccc1-c1cccc(-c2ccc3c(c2)CCNC3)c1C(F)(F)F. The van der Waals surface area contributed by atoms with E-state index >= 15 is 0 Å². The van der Waals surface area contributed by atoms with Gasteiger partial charge in [0.1, 0.15) is 5.75 Å². The van der Waals surface area contributed by atoms with Crippen LogP contribution in [-0.4, -0.2) is 36.7 Å². The van der Waals surface area contributed by atoms with E-state index in [4.69, 9.17) is 4.74 Å². The first-order valence-electron chi connectivity index (χ1n) is 13.2. The zero-order valence-electron chi connectivity index (χ0n) is 21.8. The highest BCUT2D eigenvalue weighted by Crippen LogP contribution is 2.45. The summed E-state index contributed by atoms with van der Waals surface area (Å²) in [7, 11) is 0. The van der Waals surface area contributed by atoms with Crippen molar-refractivity contribution in [3.8, 4) is 28.0 Å². The molecule has 1 fully saturated rings. The van der Waals surface area contributed by atoms with Gasteiger partial charge in [0.2, 0.25) is 0 Å². The lowest BCUT2D eigenvalue weighted by atomic mass is 9.88. The molecule has 37 heavy (non-hydrogen) atoms. The summed E-state index contributed by atoms with van der Waals surface area (Å²) in [5, 5.41) is 3.32. The summed E-state index contributed by atoms with van der Waals surface area (Å²) in [6, 6.07) is 16.0. The smallest absolute Gasteiger partial charge is 0.417 e. The number of fused-ring (bicyclic) bond motifs is 1. The Morgan fingerprint density at radius 2 is 1.73 bits per heavy atom. The van der Waals surface area contributed by atoms with Crippen LogP contribution in [0.4, 0.5) is 13.2 Å². The van der Waals surface area contributed by atoms with Crippen molar-refractivity contribution in [2.24, 2.45) is 0 Å². The lowest BCUT2D eigenvalue weighted by molar-refractivity contribution is -0.136. The molecule has 0 bridgehead atoms. The van der Waals surface area contributed by atoms with E-state index in [1.165, 1.54) is 6.42 Å². The summed E-state index contributed by atoms with van der Waals surface area (Å²) in [6.45, 7) is 10.5. The van der Waals surface area contributed by atoms with Gasteiger partial charge in [0, 0.05) is 25.2 Å². The van der Waals surface area contributed by atoms with Crippen molar-refractivity contribution < 1.29 is 17.9 Å². The van der Waals surface area contributed by atoms with Crippen LogP contribution in [0.2, 0.25) is 0 Å². The third kappa shape index (κ3) is 5.27. The standard InChI is InChI=1S/C31H35F3N2O/c1-21-25(7-5-10-28(21)37-18-6-16-36-17-14-30(36,2)3)27-9-4-8-26(29(27)31(32,33)34)23-11-12-24-20-35-15-13-22(24)19-23/h4-5,7-12,19,35H,6,13-18,20H2,1-3H3. The van der Waals surface area contributed by atoms with Gasteiger partial charge in [-0.25, -0.2) is 0 Å². The highest BCUT2D eigenvalue weighted by atomic mass is 19.4. The van der Waals surface area contributed by atoms with Crippen LogP contribution in [0.1, 0.15) is 48.9 Å². The van der Waals surface area contributed by atoms with Crippen molar-refractivity contribution in [2.45, 2.75) is 58.3 Å². The van der Waals surface area contributed by atoms with Gasteiger partial charge >= 0.3 is 6.18 Å². The predicted molar refractivity (Wildman–Crippen MR) is 143 cm³/mol. The number of benzene rings is 3. The Hall–Kier alpha value is -2.83. The van der Waals surface area contributed by atoms with Gasteiger partial charge in [0.15, 0.2) is 0 Å². The second-order valence-electron chi connectivity index (χ2n) is 10.8. The molecule has 0 aromatic heterocycles. The molecule has 0 spiro atoms. The normalized spacial score (nSPS) is 17.2. The molecular weight excluding hydrogens is 473 g/mol. The van der Waals surface area contributed by atoms with Crippen molar-refractivity contribution in [3.63, 3.8) is 0 Å². The highest BCUT2D eigenvalue weighted by molar-refractivity contribution is 5.82. The third-order valence-corrected chi connectivity index (χ3v) is 8.01. The van der Waals surface area contributed by atoms with Crippen molar-refractivity contribution in [2.75, 3.05) is 26.2 Å². The fourth-order valence-electron chi connectivity index (χ4n) is 5.60. The van der Waals surface area contributed by atoms with Crippen LogP contribution in [0, 0.1) is 6.92 Å². The topological polar surface area (TPSA) is 24.5 Å². The van der Waals surface area contributed by atoms with Gasteiger partial charge < -0.3 is 10.1 Å². The van der Waals surface area contributed by atoms with E-state index in [9.17, 15) is 13.2 Å². The number of hydrogen-bond donors (Lipinski definition) is 1. The number of halogens is 3. The maximum Gasteiger partial charge on any atom is 0.417 e. The average molecular weight is 509 g/mol. The first kappa shape index (κ1) is 25.8. The van der Waals surface area contributed by atoms with Crippen LogP contribution >= 0.6 is 0 Å². The Kier molecular flexibility index (Phi) is 7.08. The van der Waals surface area contributed by atoms with Gasteiger partial charge in [0.25, 0.3) is 0 Å². The number of ether oxygens (including phenoxy) is 1. The van der Waals surface area contributed by atoms with Gasteiger partial charge in [-0.15, -0.1) is 0 Å². The molecule has 0 amide bonds. The zero-order valence-corrected chi connectivity index (χ0v) is 21.8. The summed E-state index contributed by atoms with van der Waals surface area (Å²) in [5.74, 6) is 0.639. The van der Waals surface area contributed by atoms with E-state index in [2.05, 4.69) is 24.1 Å². The molecule has 0 atom stereocenters. The molecule has 0 radical (unpaired) electrons. The lowest BCUT2D eigenvalue weighted by Gasteiger charge is -2.48. The maximum absolute atomic E-state index is 14.6. The minimum Gasteiger partial charge on any atom is -0.493 e. The van der Waals surface area contributed by atoms with E-state index in [0.717, 1.165) is 55.7 Å². The Morgan fingerprint density at radius 3 is 2.46 bits per heavy atom. The van der Waals surface area contributed by atoms with Gasteiger partial charge in [-0.3, -0.25) is 4.90 Å². The van der Waals surface area contributed by atoms with Crippen molar-refractivity contribution in [1.82, 2.24) is 10.2 Å². The summed E-state index contributed by atoms with van der Waals surface area (Å²) in [4.78, 5) is 2.44. The zero-order chi connectivity index (χ0) is 26.2. The predicted octanol–water partition coefficient (Wildman–Crippen LogP) is 7.25. The van der Waals surface area contributed by atoms with Crippen LogP contribution in [0.3, 0.4) is 0 Å². The minimum absolute atomic E-state index is 0.190. The Bertz CT molecular complexity index is 1280. The quantitative estimate of drug-likeness (QED) is 0.340. The van der Waals surface area contributed by atoms with Crippen LogP contribution in [0.5, 0.6) is 5.75 Å². The van der Waals surface area contributed by atoms with E-state index in [-0.39, 0.29) is 16.7 Å². The summed E-state index contributed by atoms with van der Waals surface area (Å²) >= 11 is 0. The van der Waals surface area contributed by atoms with Gasteiger partial charge in [-0.1, -0.05) is 48.5 Å². The Balaban J connectivity index is 1.45. The van der Waals surface area contributed by atoms with E-state index in [1.807, 2.05) is 31.2 Å². The second kappa shape index (κ2) is 10.1. The van der Waals surface area contributed by atoms with Crippen LogP contribution in [0.25, 0.3) is 22.3 Å². The average Bonchev–Trinajstić information content (AvgIpc) is 2.87. The molecule has 2 aliphatic heterocycles. The van der Waals surface area contributed by atoms with Gasteiger partial charge in [0.05, 0.1) is 12.2 Å². The first-order chi connectivity index (χ1) is 17.6. The molecule has 1 saturated heterocycles. The number of hydrogen-bond acceptors (Lipinski definition) is 3. The number of rotatable bonds is 7. The Labute approximate surface area is 217 Å². The maximum atomic E-state index is 14.6. The molecule has 196 valence electrons. The van der Waals surface area contributed by atoms with Crippen LogP contribution in [0.15, 0.2) is 54.6 Å². The van der Waals surface area contributed by atoms with E-state index in [0.29, 0.717) is 23.5 Å². The molecule has 3 nitrogen and oxygen atoms in total. The van der Waals surface area contributed by atoms with E-state index < -0.39 is 11.7 Å². The summed E-state index contributed by atoms with van der Waals surface area (Å²) in [6.07, 6.45) is -1.60. The van der Waals surface area contributed by atoms with Crippen LogP contribution < -0.4 is 10.1 Å². The summed E-state index contributed by atoms with van der Waals surface area (Å²) < 4.78 is 50.0. The molecule has 2 aliphatic rings. The van der Waals surface area contributed by atoms with Gasteiger partial charge in [-0.2, -0.15) is 13.2 Å². The molecule has 0 aliphatic carbocycles. The van der Waals surface area contributed by atoms with Crippen molar-refractivity contribution in [3.05, 3.63) is 76.9 Å². The molecule has 3 aromatic rings. The highest BCUT2D eigenvalue weighted by Gasteiger charge is 2.37.